The largest absolute Gasteiger partial charge is 0.478 e. The summed E-state index contributed by atoms with van der Waals surface area (Å²) >= 11 is 0. The van der Waals surface area contributed by atoms with Gasteiger partial charge in [0.1, 0.15) is 6.61 Å². The highest BCUT2D eigenvalue weighted by Crippen LogP contribution is 2.62. The SMILES string of the molecule is CC1CCC2(C)C(C(=O)O)=CCCC2C1(C)CCC1=CCOC1=O. The average Bonchev–Trinajstić information content (AvgIpc) is 2.94. The maximum atomic E-state index is 11.8. The summed E-state index contributed by atoms with van der Waals surface area (Å²) in [5.41, 5.74) is 1.19. The van der Waals surface area contributed by atoms with E-state index in [4.69, 9.17) is 4.74 Å². The van der Waals surface area contributed by atoms with Crippen LogP contribution in [0.3, 0.4) is 0 Å². The number of hydrogen-bond donors (Lipinski definition) is 1. The highest BCUT2D eigenvalue weighted by Gasteiger charge is 2.55. The Morgan fingerprint density at radius 3 is 2.71 bits per heavy atom. The van der Waals surface area contributed by atoms with Crippen molar-refractivity contribution in [2.45, 2.75) is 59.3 Å². The molecule has 1 saturated carbocycles. The van der Waals surface area contributed by atoms with Crippen LogP contribution in [0.4, 0.5) is 0 Å². The molecule has 3 aliphatic rings. The third-order valence-electron chi connectivity index (χ3n) is 7.18. The van der Waals surface area contributed by atoms with Crippen LogP contribution in [0.2, 0.25) is 0 Å². The molecular weight excluding hydrogens is 304 g/mol. The Bertz CT molecular complexity index is 617. The second-order valence-electron chi connectivity index (χ2n) is 8.24. The minimum Gasteiger partial charge on any atom is -0.478 e. The molecule has 1 N–H and O–H groups in total. The summed E-state index contributed by atoms with van der Waals surface area (Å²) in [5, 5.41) is 9.68. The number of ether oxygens (including phenoxy) is 1. The molecule has 132 valence electrons. The van der Waals surface area contributed by atoms with Crippen molar-refractivity contribution >= 4 is 11.9 Å². The number of cyclic esters (lactones) is 1. The van der Waals surface area contributed by atoms with E-state index in [-0.39, 0.29) is 16.8 Å². The lowest BCUT2D eigenvalue weighted by molar-refractivity contribution is -0.137. The summed E-state index contributed by atoms with van der Waals surface area (Å²) in [7, 11) is 0. The third-order valence-corrected chi connectivity index (χ3v) is 7.18. The van der Waals surface area contributed by atoms with Gasteiger partial charge in [0, 0.05) is 16.6 Å². The Labute approximate surface area is 144 Å². The molecule has 3 rings (SSSR count). The smallest absolute Gasteiger partial charge is 0.334 e. The molecule has 0 saturated heterocycles. The fourth-order valence-corrected chi connectivity index (χ4v) is 5.44. The maximum absolute atomic E-state index is 11.8. The lowest BCUT2D eigenvalue weighted by Gasteiger charge is -2.57. The molecule has 0 aromatic carbocycles. The van der Waals surface area contributed by atoms with E-state index in [9.17, 15) is 14.7 Å². The first kappa shape index (κ1) is 17.2. The van der Waals surface area contributed by atoms with E-state index in [1.54, 1.807) is 0 Å². The van der Waals surface area contributed by atoms with Crippen LogP contribution in [0.25, 0.3) is 0 Å². The van der Waals surface area contributed by atoms with Gasteiger partial charge in [0.25, 0.3) is 0 Å². The predicted octanol–water partition coefficient (Wildman–Crippen LogP) is 4.11. The molecule has 0 aromatic rings. The monoisotopic (exact) mass is 332 g/mol. The van der Waals surface area contributed by atoms with Crippen molar-refractivity contribution in [3.8, 4) is 0 Å². The Kier molecular flexibility index (Phi) is 4.35. The average molecular weight is 332 g/mol. The molecule has 1 heterocycles. The number of allylic oxidation sites excluding steroid dienone is 1. The Hall–Kier alpha value is -1.58. The van der Waals surface area contributed by atoms with Crippen molar-refractivity contribution in [2.24, 2.45) is 22.7 Å². The summed E-state index contributed by atoms with van der Waals surface area (Å²) in [4.78, 5) is 23.5. The highest BCUT2D eigenvalue weighted by molar-refractivity contribution is 5.90. The Morgan fingerprint density at radius 2 is 2.08 bits per heavy atom. The molecule has 0 radical (unpaired) electrons. The van der Waals surface area contributed by atoms with E-state index in [1.807, 2.05) is 12.2 Å². The second-order valence-corrected chi connectivity index (χ2v) is 8.24. The molecule has 24 heavy (non-hydrogen) atoms. The van der Waals surface area contributed by atoms with Crippen molar-refractivity contribution in [3.63, 3.8) is 0 Å². The quantitative estimate of drug-likeness (QED) is 0.787. The molecule has 1 fully saturated rings. The zero-order valence-electron chi connectivity index (χ0n) is 14.9. The number of carboxylic acid groups (broad SMARTS) is 1. The first-order chi connectivity index (χ1) is 11.3. The third kappa shape index (κ3) is 2.60. The summed E-state index contributed by atoms with van der Waals surface area (Å²) in [5.74, 6) is -0.0645. The number of hydrogen-bond acceptors (Lipinski definition) is 3. The van der Waals surface area contributed by atoms with Crippen LogP contribution in [0, 0.1) is 22.7 Å². The zero-order valence-corrected chi connectivity index (χ0v) is 14.9. The number of carbonyl (C=O) groups excluding carboxylic acids is 1. The number of esters is 1. The second kappa shape index (κ2) is 6.05. The van der Waals surface area contributed by atoms with Crippen molar-refractivity contribution in [3.05, 3.63) is 23.3 Å². The zero-order chi connectivity index (χ0) is 17.5. The lowest BCUT2D eigenvalue weighted by atomic mass is 9.46. The van der Waals surface area contributed by atoms with Gasteiger partial charge in [0.2, 0.25) is 0 Å². The van der Waals surface area contributed by atoms with Crippen LogP contribution in [-0.2, 0) is 14.3 Å². The number of rotatable bonds is 4. The fraction of sp³-hybridized carbons (Fsp3) is 0.700. The van der Waals surface area contributed by atoms with E-state index in [0.717, 1.165) is 44.1 Å². The molecule has 4 heteroatoms. The van der Waals surface area contributed by atoms with Gasteiger partial charge in [-0.1, -0.05) is 26.8 Å². The standard InChI is InChI=1S/C20H28O4/c1-13-7-10-20(3)15(17(21)22)5-4-6-16(20)19(13,2)11-8-14-9-12-24-18(14)23/h5,9,13,16H,4,6-8,10-12H2,1-3H3,(H,21,22). The van der Waals surface area contributed by atoms with Gasteiger partial charge in [-0.25, -0.2) is 9.59 Å². The molecule has 0 bridgehead atoms. The number of aliphatic carboxylic acids is 1. The van der Waals surface area contributed by atoms with Crippen LogP contribution in [-0.4, -0.2) is 23.7 Å². The normalized spacial score (nSPS) is 38.9. The summed E-state index contributed by atoms with van der Waals surface area (Å²) < 4.78 is 5.02. The van der Waals surface area contributed by atoms with Crippen LogP contribution in [0.1, 0.15) is 59.3 Å². The Balaban J connectivity index is 1.87. The van der Waals surface area contributed by atoms with Crippen molar-refractivity contribution in [2.75, 3.05) is 6.61 Å². The summed E-state index contributed by atoms with van der Waals surface area (Å²) in [6.07, 6.45) is 9.34. The van der Waals surface area contributed by atoms with E-state index >= 15 is 0 Å². The first-order valence-electron chi connectivity index (χ1n) is 9.09. The van der Waals surface area contributed by atoms with Gasteiger partial charge in [-0.05, 0) is 61.9 Å². The van der Waals surface area contributed by atoms with Crippen LogP contribution >= 0.6 is 0 Å². The molecule has 4 nitrogen and oxygen atoms in total. The van der Waals surface area contributed by atoms with Gasteiger partial charge in [0.15, 0.2) is 0 Å². The molecule has 2 aliphatic carbocycles. The number of carbonyl (C=O) groups is 2. The van der Waals surface area contributed by atoms with Crippen LogP contribution in [0.15, 0.2) is 23.3 Å². The molecule has 0 amide bonds. The predicted molar refractivity (Wildman–Crippen MR) is 91.3 cm³/mol. The van der Waals surface area contributed by atoms with Crippen molar-refractivity contribution in [1.82, 2.24) is 0 Å². The molecule has 0 aromatic heterocycles. The molecule has 4 unspecified atom stereocenters. The van der Waals surface area contributed by atoms with Gasteiger partial charge in [0.05, 0.1) is 0 Å². The summed E-state index contributed by atoms with van der Waals surface area (Å²) in [6, 6.07) is 0. The van der Waals surface area contributed by atoms with Crippen LogP contribution < -0.4 is 0 Å². The van der Waals surface area contributed by atoms with Gasteiger partial charge >= 0.3 is 11.9 Å². The van der Waals surface area contributed by atoms with Gasteiger partial charge in [-0.3, -0.25) is 0 Å². The topological polar surface area (TPSA) is 63.6 Å². The minimum atomic E-state index is -0.763. The maximum Gasteiger partial charge on any atom is 0.334 e. The van der Waals surface area contributed by atoms with Gasteiger partial charge in [-0.15, -0.1) is 0 Å². The fourth-order valence-electron chi connectivity index (χ4n) is 5.44. The minimum absolute atomic E-state index is 0.0473. The van der Waals surface area contributed by atoms with Crippen molar-refractivity contribution in [1.29, 1.82) is 0 Å². The first-order valence-corrected chi connectivity index (χ1v) is 9.09. The number of fused-ring (bicyclic) bond motifs is 1. The van der Waals surface area contributed by atoms with E-state index in [1.165, 1.54) is 0 Å². The van der Waals surface area contributed by atoms with Gasteiger partial charge < -0.3 is 9.84 Å². The highest BCUT2D eigenvalue weighted by atomic mass is 16.5. The van der Waals surface area contributed by atoms with Crippen molar-refractivity contribution < 1.29 is 19.4 Å². The van der Waals surface area contributed by atoms with Gasteiger partial charge in [-0.2, -0.15) is 0 Å². The summed E-state index contributed by atoms with van der Waals surface area (Å²) in [6.45, 7) is 7.14. The molecular formula is C20H28O4. The molecule has 4 atom stereocenters. The lowest BCUT2D eigenvalue weighted by Crippen LogP contribution is -2.51. The Morgan fingerprint density at radius 1 is 1.33 bits per heavy atom. The van der Waals surface area contributed by atoms with Crippen LogP contribution in [0.5, 0.6) is 0 Å². The molecule has 1 aliphatic heterocycles. The molecule has 0 spiro atoms. The van der Waals surface area contributed by atoms with E-state index in [0.29, 0.717) is 24.0 Å². The number of carboxylic acids is 1. The van der Waals surface area contributed by atoms with E-state index < -0.39 is 5.97 Å². The van der Waals surface area contributed by atoms with E-state index in [2.05, 4.69) is 20.8 Å².